The average molecular weight is 309 g/mol. The van der Waals surface area contributed by atoms with E-state index in [4.69, 9.17) is 4.98 Å². The van der Waals surface area contributed by atoms with Gasteiger partial charge in [0.2, 0.25) is 0 Å². The van der Waals surface area contributed by atoms with Crippen LogP contribution < -0.4 is 0 Å². The van der Waals surface area contributed by atoms with Crippen molar-refractivity contribution in [1.82, 2.24) is 14.5 Å². The number of para-hydroxylation sites is 2. The van der Waals surface area contributed by atoms with Gasteiger partial charge in [-0.25, -0.2) is 4.98 Å². The molecule has 3 aromatic rings. The summed E-state index contributed by atoms with van der Waals surface area (Å²) < 4.78 is 2.00. The van der Waals surface area contributed by atoms with Crippen molar-refractivity contribution < 1.29 is 5.11 Å². The molecule has 0 aliphatic rings. The molecule has 4 heteroatoms. The molecule has 0 aliphatic heterocycles. The fraction of sp³-hybridized carbons (Fsp3) is 0.316. The summed E-state index contributed by atoms with van der Waals surface area (Å²) in [5, 5.41) is 11.6. The van der Waals surface area contributed by atoms with Crippen LogP contribution in [0, 0.1) is 0 Å². The van der Waals surface area contributed by atoms with E-state index in [0.29, 0.717) is 12.2 Å². The van der Waals surface area contributed by atoms with Crippen molar-refractivity contribution in [3.05, 3.63) is 66.0 Å². The van der Waals surface area contributed by atoms with Crippen LogP contribution >= 0.6 is 0 Å². The molecule has 3 rings (SSSR count). The van der Waals surface area contributed by atoms with Gasteiger partial charge >= 0.3 is 0 Å². The molecule has 1 N–H and O–H groups in total. The number of aromatic nitrogens is 2. The lowest BCUT2D eigenvalue weighted by Crippen LogP contribution is -2.34. The number of fused-ring (bicyclic) bond motifs is 1. The summed E-state index contributed by atoms with van der Waals surface area (Å²) in [4.78, 5) is 6.81. The molecule has 0 fully saturated rings. The van der Waals surface area contributed by atoms with Crippen molar-refractivity contribution in [2.75, 3.05) is 20.6 Å². The Balaban J connectivity index is 2.15. The highest BCUT2D eigenvalue weighted by Gasteiger charge is 2.36. The molecule has 0 bridgehead atoms. The van der Waals surface area contributed by atoms with Gasteiger partial charge in [0.05, 0.1) is 11.0 Å². The number of aliphatic hydroxyl groups is 1. The number of aryl methyl sites for hydroxylation is 1. The largest absolute Gasteiger partial charge is 0.377 e. The first-order chi connectivity index (χ1) is 11.0. The molecule has 0 amide bonds. The standard InChI is InChI=1S/C19H23N3O/c1-21(2)14-13-19(23,15-9-5-4-6-10-15)18-20-16-11-7-8-12-17(16)22(18)3/h4-12,23H,13-14H2,1-3H3. The van der Waals surface area contributed by atoms with Crippen LogP contribution in [-0.4, -0.2) is 40.2 Å². The van der Waals surface area contributed by atoms with E-state index in [2.05, 4.69) is 4.90 Å². The molecule has 23 heavy (non-hydrogen) atoms. The predicted molar refractivity (Wildman–Crippen MR) is 93.3 cm³/mol. The van der Waals surface area contributed by atoms with Gasteiger partial charge in [0, 0.05) is 20.0 Å². The van der Waals surface area contributed by atoms with Crippen molar-refractivity contribution in [2.24, 2.45) is 7.05 Å². The summed E-state index contributed by atoms with van der Waals surface area (Å²) in [5.74, 6) is 0.687. The first-order valence-electron chi connectivity index (χ1n) is 7.87. The minimum absolute atomic E-state index is 0.584. The highest BCUT2D eigenvalue weighted by molar-refractivity contribution is 5.76. The van der Waals surface area contributed by atoms with Crippen LogP contribution in [0.2, 0.25) is 0 Å². The van der Waals surface area contributed by atoms with Gasteiger partial charge in [-0.15, -0.1) is 0 Å². The third kappa shape index (κ3) is 2.87. The van der Waals surface area contributed by atoms with E-state index in [-0.39, 0.29) is 0 Å². The highest BCUT2D eigenvalue weighted by atomic mass is 16.3. The molecule has 1 unspecified atom stereocenters. The van der Waals surface area contributed by atoms with Gasteiger partial charge in [0.15, 0.2) is 0 Å². The van der Waals surface area contributed by atoms with Crippen LogP contribution in [-0.2, 0) is 12.6 Å². The van der Waals surface area contributed by atoms with E-state index in [1.165, 1.54) is 0 Å². The molecule has 0 radical (unpaired) electrons. The van der Waals surface area contributed by atoms with E-state index in [9.17, 15) is 5.11 Å². The fourth-order valence-corrected chi connectivity index (χ4v) is 3.00. The van der Waals surface area contributed by atoms with Crippen LogP contribution in [0.1, 0.15) is 17.8 Å². The Bertz CT molecular complexity index is 795. The number of hydrogen-bond acceptors (Lipinski definition) is 3. The second-order valence-corrected chi connectivity index (χ2v) is 6.26. The van der Waals surface area contributed by atoms with Crippen LogP contribution in [0.5, 0.6) is 0 Å². The zero-order chi connectivity index (χ0) is 16.4. The molecule has 1 heterocycles. The molecule has 120 valence electrons. The molecule has 0 aliphatic carbocycles. The predicted octanol–water partition coefficient (Wildman–Crippen LogP) is 2.76. The summed E-state index contributed by atoms with van der Waals surface area (Å²) in [6.45, 7) is 0.772. The molecule has 1 atom stereocenters. The topological polar surface area (TPSA) is 41.3 Å². The van der Waals surface area contributed by atoms with Gasteiger partial charge in [-0.1, -0.05) is 42.5 Å². The van der Waals surface area contributed by atoms with E-state index < -0.39 is 5.60 Å². The minimum atomic E-state index is -1.11. The van der Waals surface area contributed by atoms with Gasteiger partial charge in [-0.2, -0.15) is 0 Å². The summed E-state index contributed by atoms with van der Waals surface area (Å²) in [7, 11) is 5.99. The second kappa shape index (κ2) is 6.14. The molecule has 2 aromatic carbocycles. The first kappa shape index (κ1) is 15.7. The van der Waals surface area contributed by atoms with Crippen LogP contribution in [0.3, 0.4) is 0 Å². The van der Waals surface area contributed by atoms with Crippen LogP contribution in [0.25, 0.3) is 11.0 Å². The van der Waals surface area contributed by atoms with Crippen LogP contribution in [0.15, 0.2) is 54.6 Å². The Hall–Kier alpha value is -2.17. The summed E-state index contributed by atoms with van der Waals surface area (Å²) in [6.07, 6.45) is 0.584. The number of rotatable bonds is 5. The monoisotopic (exact) mass is 309 g/mol. The van der Waals surface area contributed by atoms with Crippen molar-refractivity contribution >= 4 is 11.0 Å². The van der Waals surface area contributed by atoms with Crippen molar-refractivity contribution in [3.63, 3.8) is 0 Å². The van der Waals surface area contributed by atoms with Gasteiger partial charge in [0.1, 0.15) is 11.4 Å². The van der Waals surface area contributed by atoms with Crippen molar-refractivity contribution in [3.8, 4) is 0 Å². The third-order valence-corrected chi connectivity index (χ3v) is 4.33. The Labute approximate surface area is 137 Å². The van der Waals surface area contributed by atoms with Crippen molar-refractivity contribution in [1.29, 1.82) is 0 Å². The third-order valence-electron chi connectivity index (χ3n) is 4.33. The zero-order valence-electron chi connectivity index (χ0n) is 13.9. The molecular formula is C19H23N3O. The van der Waals surface area contributed by atoms with Gasteiger partial charge in [0.25, 0.3) is 0 Å². The van der Waals surface area contributed by atoms with E-state index in [1.807, 2.05) is 80.3 Å². The van der Waals surface area contributed by atoms with E-state index in [1.54, 1.807) is 0 Å². The SMILES string of the molecule is CN(C)CCC(O)(c1ccccc1)c1nc2ccccc2n1C. The number of benzene rings is 2. The molecule has 1 aromatic heterocycles. The maximum absolute atomic E-state index is 11.6. The van der Waals surface area contributed by atoms with Gasteiger partial charge in [-0.05, 0) is 31.8 Å². The Morgan fingerprint density at radius 3 is 2.35 bits per heavy atom. The Kier molecular flexibility index (Phi) is 4.20. The summed E-state index contributed by atoms with van der Waals surface area (Å²) in [5.41, 5.74) is 1.70. The molecule has 0 saturated heterocycles. The van der Waals surface area contributed by atoms with Gasteiger partial charge < -0.3 is 14.6 Å². The smallest absolute Gasteiger partial charge is 0.148 e. The average Bonchev–Trinajstić information content (AvgIpc) is 2.91. The highest BCUT2D eigenvalue weighted by Crippen LogP contribution is 2.34. The van der Waals surface area contributed by atoms with Crippen LogP contribution in [0.4, 0.5) is 0 Å². The van der Waals surface area contributed by atoms with E-state index in [0.717, 1.165) is 23.1 Å². The number of hydrogen-bond donors (Lipinski definition) is 1. The Morgan fingerprint density at radius 2 is 1.70 bits per heavy atom. The maximum Gasteiger partial charge on any atom is 0.148 e. The molecular weight excluding hydrogens is 286 g/mol. The quantitative estimate of drug-likeness (QED) is 0.788. The lowest BCUT2D eigenvalue weighted by Gasteiger charge is -2.29. The zero-order valence-corrected chi connectivity index (χ0v) is 13.9. The van der Waals surface area contributed by atoms with Crippen molar-refractivity contribution in [2.45, 2.75) is 12.0 Å². The lowest BCUT2D eigenvalue weighted by atomic mass is 9.89. The normalized spacial score (nSPS) is 14.3. The molecule has 0 saturated carbocycles. The summed E-state index contributed by atoms with van der Waals surface area (Å²) in [6, 6.07) is 17.8. The maximum atomic E-state index is 11.6. The summed E-state index contributed by atoms with van der Waals surface area (Å²) >= 11 is 0. The lowest BCUT2D eigenvalue weighted by molar-refractivity contribution is 0.0517. The number of nitrogens with zero attached hydrogens (tertiary/aromatic N) is 3. The molecule has 4 nitrogen and oxygen atoms in total. The molecule has 0 spiro atoms. The Morgan fingerprint density at radius 1 is 1.04 bits per heavy atom. The minimum Gasteiger partial charge on any atom is -0.377 e. The van der Waals surface area contributed by atoms with Gasteiger partial charge in [-0.3, -0.25) is 0 Å². The fourth-order valence-electron chi connectivity index (χ4n) is 3.00. The first-order valence-corrected chi connectivity index (χ1v) is 7.87. The number of imidazole rings is 1. The second-order valence-electron chi connectivity index (χ2n) is 6.26. The van der Waals surface area contributed by atoms with E-state index >= 15 is 0 Å².